The van der Waals surface area contributed by atoms with E-state index in [1.807, 2.05) is 19.6 Å². The fourth-order valence-corrected chi connectivity index (χ4v) is 4.55. The van der Waals surface area contributed by atoms with E-state index in [1.54, 1.807) is 25.6 Å². The van der Waals surface area contributed by atoms with E-state index in [1.165, 1.54) is 32.5 Å². The van der Waals surface area contributed by atoms with Crippen LogP contribution in [0.25, 0.3) is 0 Å². The molecule has 0 aliphatic carbocycles. The number of rotatable bonds is 20. The molecule has 62 heavy (non-hydrogen) atoms. The van der Waals surface area contributed by atoms with Gasteiger partial charge in [0.15, 0.2) is 0 Å². The van der Waals surface area contributed by atoms with Gasteiger partial charge in [0.2, 0.25) is 47.8 Å². The maximum absolute atomic E-state index is 12.6. The number of thioether (sulfide) groups is 2. The molecule has 1 fully saturated rings. The smallest absolute Gasteiger partial charge is 0.244 e. The van der Waals surface area contributed by atoms with Crippen LogP contribution >= 0.6 is 23.5 Å². The van der Waals surface area contributed by atoms with Gasteiger partial charge < -0.3 is 83.9 Å². The van der Waals surface area contributed by atoms with Crippen molar-refractivity contribution in [3.05, 3.63) is 0 Å². The number of hydrogen-bond acceptors (Lipinski definition) is 18. The third-order valence-corrected chi connectivity index (χ3v) is 8.02. The number of carbonyl (C=O) groups is 9. The molecule has 6 atom stereocenters. The summed E-state index contributed by atoms with van der Waals surface area (Å²) in [5.74, 6) is -2.90. The molecule has 0 unspecified atom stereocenters. The topological polar surface area (TPSA) is 379 Å². The van der Waals surface area contributed by atoms with Gasteiger partial charge in [0.05, 0.1) is 52.2 Å². The summed E-state index contributed by atoms with van der Waals surface area (Å²) in [6, 6.07) is -4.20. The summed E-state index contributed by atoms with van der Waals surface area (Å²) in [7, 11) is 1.90. The van der Waals surface area contributed by atoms with Crippen molar-refractivity contribution in [3.63, 3.8) is 0 Å². The normalized spacial score (nSPS) is 18.9. The van der Waals surface area contributed by atoms with Gasteiger partial charge in [0, 0.05) is 30.6 Å². The average molecular weight is 932 g/mol. The number of amides is 8. The Morgan fingerprint density at radius 1 is 0.839 bits per heavy atom. The lowest BCUT2D eigenvalue weighted by Gasteiger charge is -2.23. The van der Waals surface area contributed by atoms with E-state index in [0.717, 1.165) is 13.2 Å². The zero-order chi connectivity index (χ0) is 48.3. The number of aldehydes is 1. The van der Waals surface area contributed by atoms with E-state index >= 15 is 0 Å². The first-order valence-electron chi connectivity index (χ1n) is 19.4. The Labute approximate surface area is 373 Å². The van der Waals surface area contributed by atoms with Crippen LogP contribution in [0, 0.1) is 0 Å². The summed E-state index contributed by atoms with van der Waals surface area (Å²) in [5, 5.41) is 17.9. The van der Waals surface area contributed by atoms with Crippen molar-refractivity contribution in [2.45, 2.75) is 70.9 Å². The van der Waals surface area contributed by atoms with E-state index in [2.05, 4.69) is 47.7 Å². The minimum atomic E-state index is -0.928. The molecule has 8 amide bonds. The molecule has 0 aromatic heterocycles. The van der Waals surface area contributed by atoms with E-state index in [4.69, 9.17) is 31.4 Å². The number of likely N-dealkylation sites (N-methyl/N-ethyl adjacent to an activating group) is 1. The third-order valence-electron chi connectivity index (χ3n) is 6.71. The molecule has 1 aliphatic rings. The Morgan fingerprint density at radius 2 is 1.39 bits per heavy atom. The Bertz CT molecular complexity index is 1250. The Balaban J connectivity index is -0.000000418. The van der Waals surface area contributed by atoms with Crippen LogP contribution in [0.15, 0.2) is 0 Å². The second-order valence-electron chi connectivity index (χ2n) is 12.7. The van der Waals surface area contributed by atoms with Gasteiger partial charge in [-0.3, -0.25) is 38.4 Å². The van der Waals surface area contributed by atoms with E-state index in [-0.39, 0.29) is 37.5 Å². The van der Waals surface area contributed by atoms with Crippen molar-refractivity contribution in [2.75, 3.05) is 104 Å². The molecule has 1 aliphatic heterocycles. The molecule has 0 aromatic rings. The lowest BCUT2D eigenvalue weighted by molar-refractivity contribution is -0.132. The first-order valence-corrected chi connectivity index (χ1v) is 22.2. The van der Waals surface area contributed by atoms with Gasteiger partial charge in [-0.25, -0.2) is 0 Å². The highest BCUT2D eigenvalue weighted by molar-refractivity contribution is 7.99. The standard InChI is InChI=1S/C17H30N6O5S.C9H22N2O3.C4H8N2O2.C4H7NO3.C2H6S/c1-8-6-29-7-12(23-14(25)9(2)18)17(28)22-10(3)15(26)19-5-13(24)21-11(4)16(27)20-8;1-11-3-5-13-7-9-14-8-6-12-4-2-10;1-3(4(5)8)6-2-7;5-4(7)3-8-2-1-6;1-3-2/h8-12H,5-7,18H2,1-4H3,(H,19,26)(H,20,27)(H,21,24)(H,22,28)(H,23,25);11H,2-10H2,1H3;2-3H,1H3,(H2,5,8)(H,6,7);1H,2-3H2,(H2,5,7);1-2H3/t8-,9+,10+,11+,12+;;3-;;/m1.0../s1. The largest absolute Gasteiger partial charge is 0.378 e. The summed E-state index contributed by atoms with van der Waals surface area (Å²) in [5.41, 5.74) is 20.2. The zero-order valence-corrected chi connectivity index (χ0v) is 38.9. The molecule has 0 radical (unpaired) electrons. The van der Waals surface area contributed by atoms with Crippen LogP contribution in [0.4, 0.5) is 0 Å². The molecular formula is C36H73N11O13S2. The van der Waals surface area contributed by atoms with Crippen LogP contribution in [0.5, 0.6) is 0 Å². The van der Waals surface area contributed by atoms with Crippen molar-refractivity contribution in [1.82, 2.24) is 37.2 Å². The third kappa shape index (κ3) is 43.9. The molecule has 1 heterocycles. The zero-order valence-electron chi connectivity index (χ0n) is 37.2. The van der Waals surface area contributed by atoms with Crippen LogP contribution in [-0.4, -0.2) is 194 Å². The van der Waals surface area contributed by atoms with Gasteiger partial charge in [-0.15, -0.1) is 0 Å². The fourth-order valence-electron chi connectivity index (χ4n) is 3.51. The number of nitrogens with one attached hydrogen (secondary N) is 7. The molecule has 24 nitrogen and oxygen atoms in total. The summed E-state index contributed by atoms with van der Waals surface area (Å²) in [6.45, 7) is 12.4. The molecule has 362 valence electrons. The summed E-state index contributed by atoms with van der Waals surface area (Å²) >= 11 is 3.10. The van der Waals surface area contributed by atoms with Gasteiger partial charge in [-0.2, -0.15) is 23.5 Å². The van der Waals surface area contributed by atoms with Crippen LogP contribution in [0.2, 0.25) is 0 Å². The number of primary amides is 2. The molecule has 0 aromatic carbocycles. The monoisotopic (exact) mass is 931 g/mol. The minimum absolute atomic E-state index is 0.0665. The molecule has 0 bridgehead atoms. The highest BCUT2D eigenvalue weighted by Gasteiger charge is 2.27. The predicted molar refractivity (Wildman–Crippen MR) is 238 cm³/mol. The highest BCUT2D eigenvalue weighted by atomic mass is 32.2. The average Bonchev–Trinajstić information content (AvgIpc) is 3.20. The maximum atomic E-state index is 12.6. The van der Waals surface area contributed by atoms with E-state index < -0.39 is 65.7 Å². The predicted octanol–water partition coefficient (Wildman–Crippen LogP) is -5.32. The Kier molecular flexibility index (Phi) is 46.7. The van der Waals surface area contributed by atoms with Crippen molar-refractivity contribution >= 4 is 77.6 Å². The van der Waals surface area contributed by atoms with Crippen LogP contribution in [-0.2, 0) is 62.1 Å². The first kappa shape index (κ1) is 64.5. The minimum Gasteiger partial charge on any atom is -0.378 e. The lowest BCUT2D eigenvalue weighted by atomic mass is 10.2. The molecule has 1 saturated heterocycles. The van der Waals surface area contributed by atoms with Gasteiger partial charge in [0.25, 0.3) is 0 Å². The molecular weight excluding hydrogens is 859 g/mol. The summed E-state index contributed by atoms with van der Waals surface area (Å²) in [6.07, 6.45) is 5.08. The maximum Gasteiger partial charge on any atom is 0.244 e. The number of ether oxygens (including phenoxy) is 4. The second kappa shape index (κ2) is 44.9. The number of hydrogen-bond donors (Lipinski definition) is 11. The van der Waals surface area contributed by atoms with E-state index in [0.29, 0.717) is 58.0 Å². The van der Waals surface area contributed by atoms with E-state index in [9.17, 15) is 43.2 Å². The van der Waals surface area contributed by atoms with Crippen molar-refractivity contribution < 1.29 is 62.1 Å². The van der Waals surface area contributed by atoms with Crippen molar-refractivity contribution in [1.29, 1.82) is 0 Å². The highest BCUT2D eigenvalue weighted by Crippen LogP contribution is 2.07. The quantitative estimate of drug-likeness (QED) is 0.0401. The molecule has 0 saturated carbocycles. The first-order chi connectivity index (χ1) is 29.3. The van der Waals surface area contributed by atoms with Gasteiger partial charge in [-0.1, -0.05) is 0 Å². The van der Waals surface area contributed by atoms with Gasteiger partial charge in [0.1, 0.15) is 43.7 Å². The SMILES string of the molecule is CNCCOCCOCCOCCN.CSC.C[C@@H]1CSC[C@H](NC(=O)[C@H](C)N)C(=O)N[C@@H](C)C(=O)NCC(=O)N[C@@H](C)C(=O)N1.C[C@H](NC=O)C(N)=O.NC(=O)COCC=O. The molecule has 15 N–H and O–H groups in total. The van der Waals surface area contributed by atoms with Gasteiger partial charge >= 0.3 is 0 Å². The van der Waals surface area contributed by atoms with Crippen LogP contribution < -0.4 is 60.2 Å². The molecule has 1 rings (SSSR count). The van der Waals surface area contributed by atoms with Crippen LogP contribution in [0.3, 0.4) is 0 Å². The Hall–Kier alpha value is -4.15. The van der Waals surface area contributed by atoms with Gasteiger partial charge in [-0.05, 0) is 54.2 Å². The number of carbonyl (C=O) groups excluding carboxylic acids is 9. The fraction of sp³-hybridized carbons (Fsp3) is 0.750. The molecule has 0 spiro atoms. The second-order valence-corrected chi connectivity index (χ2v) is 14.6. The van der Waals surface area contributed by atoms with Crippen molar-refractivity contribution in [2.24, 2.45) is 22.9 Å². The summed E-state index contributed by atoms with van der Waals surface area (Å²) < 4.78 is 20.0. The van der Waals surface area contributed by atoms with Crippen molar-refractivity contribution in [3.8, 4) is 0 Å². The molecule has 26 heteroatoms. The lowest BCUT2D eigenvalue weighted by Crippen LogP contribution is -2.56. The number of nitrogens with two attached hydrogens (primary N) is 4. The Morgan fingerprint density at radius 3 is 1.85 bits per heavy atom. The summed E-state index contributed by atoms with van der Waals surface area (Å²) in [4.78, 5) is 99.7. The van der Waals surface area contributed by atoms with Crippen LogP contribution in [0.1, 0.15) is 34.6 Å².